The highest BCUT2D eigenvalue weighted by Gasteiger charge is 2.19. The van der Waals surface area contributed by atoms with Crippen LogP contribution in [0.1, 0.15) is 57.6 Å². The molecule has 2 unspecified atom stereocenters. The van der Waals surface area contributed by atoms with Crippen LogP contribution < -0.4 is 5.32 Å². The van der Waals surface area contributed by atoms with Gasteiger partial charge in [-0.05, 0) is 37.1 Å². The Kier molecular flexibility index (Phi) is 6.68. The van der Waals surface area contributed by atoms with Crippen molar-refractivity contribution in [3.63, 3.8) is 0 Å². The minimum Gasteiger partial charge on any atom is -0.453 e. The SMILES string of the molecule is CCCCC(CC)CC(NC)c1ccoc1Cl. The lowest BCUT2D eigenvalue weighted by molar-refractivity contribution is 0.363. The first-order chi connectivity index (χ1) is 8.22. The van der Waals surface area contributed by atoms with Gasteiger partial charge in [-0.15, -0.1) is 0 Å². The van der Waals surface area contributed by atoms with Crippen LogP contribution in [0.25, 0.3) is 0 Å². The number of halogens is 1. The first-order valence-electron chi connectivity index (χ1n) is 6.63. The van der Waals surface area contributed by atoms with E-state index >= 15 is 0 Å². The minimum absolute atomic E-state index is 0.308. The van der Waals surface area contributed by atoms with Gasteiger partial charge in [0.2, 0.25) is 0 Å². The molecular formula is C14H24ClNO. The maximum absolute atomic E-state index is 6.04. The van der Waals surface area contributed by atoms with Crippen LogP contribution in [0.15, 0.2) is 16.7 Å². The van der Waals surface area contributed by atoms with Gasteiger partial charge in [0.15, 0.2) is 5.22 Å². The molecule has 98 valence electrons. The molecule has 0 aliphatic carbocycles. The first kappa shape index (κ1) is 14.6. The topological polar surface area (TPSA) is 25.2 Å². The highest BCUT2D eigenvalue weighted by Crippen LogP contribution is 2.31. The fraction of sp³-hybridized carbons (Fsp3) is 0.714. The summed E-state index contributed by atoms with van der Waals surface area (Å²) in [5, 5.41) is 3.86. The molecule has 0 saturated heterocycles. The van der Waals surface area contributed by atoms with Gasteiger partial charge in [-0.25, -0.2) is 0 Å². The summed E-state index contributed by atoms with van der Waals surface area (Å²) in [4.78, 5) is 0. The molecule has 0 amide bonds. The third-order valence-corrected chi connectivity index (χ3v) is 3.79. The summed E-state index contributed by atoms with van der Waals surface area (Å²) >= 11 is 6.04. The molecule has 2 nitrogen and oxygen atoms in total. The standard InChI is InChI=1S/C14H24ClNO/c1-4-6-7-11(5-2)10-13(16-3)12-8-9-17-14(12)15/h8-9,11,13,16H,4-7,10H2,1-3H3. The number of hydrogen-bond donors (Lipinski definition) is 1. The Balaban J connectivity index is 2.59. The molecule has 2 atom stereocenters. The Bertz CT molecular complexity index is 311. The van der Waals surface area contributed by atoms with Crippen LogP contribution in [-0.4, -0.2) is 7.05 Å². The van der Waals surface area contributed by atoms with E-state index in [1.807, 2.05) is 13.1 Å². The number of rotatable bonds is 8. The van der Waals surface area contributed by atoms with Crippen molar-refractivity contribution in [1.82, 2.24) is 5.32 Å². The van der Waals surface area contributed by atoms with Crippen LogP contribution in [0.2, 0.25) is 5.22 Å². The molecule has 0 aliphatic heterocycles. The van der Waals surface area contributed by atoms with Crippen molar-refractivity contribution in [2.75, 3.05) is 7.05 Å². The van der Waals surface area contributed by atoms with Gasteiger partial charge in [-0.2, -0.15) is 0 Å². The van der Waals surface area contributed by atoms with Crippen LogP contribution in [0, 0.1) is 5.92 Å². The summed E-state index contributed by atoms with van der Waals surface area (Å²) in [6, 6.07) is 2.28. The van der Waals surface area contributed by atoms with E-state index in [4.69, 9.17) is 16.0 Å². The van der Waals surface area contributed by atoms with Gasteiger partial charge in [-0.1, -0.05) is 39.5 Å². The summed E-state index contributed by atoms with van der Waals surface area (Å²) in [5.41, 5.74) is 1.09. The number of nitrogens with one attached hydrogen (secondary N) is 1. The van der Waals surface area contributed by atoms with Gasteiger partial charge >= 0.3 is 0 Å². The predicted molar refractivity (Wildman–Crippen MR) is 73.4 cm³/mol. The second-order valence-corrected chi connectivity index (χ2v) is 4.99. The lowest BCUT2D eigenvalue weighted by Crippen LogP contribution is -2.19. The maximum atomic E-state index is 6.04. The van der Waals surface area contributed by atoms with E-state index in [2.05, 4.69) is 19.2 Å². The monoisotopic (exact) mass is 257 g/mol. The van der Waals surface area contributed by atoms with E-state index in [-0.39, 0.29) is 0 Å². The summed E-state index contributed by atoms with van der Waals surface area (Å²) in [7, 11) is 1.99. The Labute approximate surface area is 110 Å². The Hall–Kier alpha value is -0.470. The molecule has 1 heterocycles. The molecule has 0 bridgehead atoms. The lowest BCUT2D eigenvalue weighted by Gasteiger charge is -2.21. The number of unbranched alkanes of at least 4 members (excludes halogenated alkanes) is 1. The van der Waals surface area contributed by atoms with E-state index in [1.54, 1.807) is 6.26 Å². The van der Waals surface area contributed by atoms with E-state index in [0.29, 0.717) is 11.3 Å². The van der Waals surface area contributed by atoms with E-state index < -0.39 is 0 Å². The van der Waals surface area contributed by atoms with Gasteiger partial charge in [0.1, 0.15) is 0 Å². The summed E-state index contributed by atoms with van der Waals surface area (Å²) in [6.45, 7) is 4.51. The molecule has 0 saturated carbocycles. The largest absolute Gasteiger partial charge is 0.453 e. The Morgan fingerprint density at radius 2 is 2.18 bits per heavy atom. The third-order valence-electron chi connectivity index (χ3n) is 3.48. The summed E-state index contributed by atoms with van der Waals surface area (Å²) in [5.74, 6) is 0.762. The first-order valence-corrected chi connectivity index (χ1v) is 7.00. The van der Waals surface area contributed by atoms with Crippen molar-refractivity contribution in [3.05, 3.63) is 23.1 Å². The fourth-order valence-electron chi connectivity index (χ4n) is 2.27. The quantitative estimate of drug-likeness (QED) is 0.724. The van der Waals surface area contributed by atoms with Gasteiger partial charge < -0.3 is 9.73 Å². The van der Waals surface area contributed by atoms with Crippen LogP contribution >= 0.6 is 11.6 Å². The third kappa shape index (κ3) is 4.36. The highest BCUT2D eigenvalue weighted by atomic mass is 35.5. The molecule has 0 radical (unpaired) electrons. The zero-order chi connectivity index (χ0) is 12.7. The zero-order valence-corrected chi connectivity index (χ0v) is 11.9. The molecule has 1 rings (SSSR count). The van der Waals surface area contributed by atoms with Crippen molar-refractivity contribution < 1.29 is 4.42 Å². The van der Waals surface area contributed by atoms with Crippen LogP contribution in [0.3, 0.4) is 0 Å². The van der Waals surface area contributed by atoms with Crippen LogP contribution in [0.4, 0.5) is 0 Å². The molecule has 3 heteroatoms. The molecule has 1 N–H and O–H groups in total. The molecule has 0 fully saturated rings. The van der Waals surface area contributed by atoms with Crippen molar-refractivity contribution in [2.45, 2.75) is 52.0 Å². The van der Waals surface area contributed by atoms with Gasteiger partial charge in [0.05, 0.1) is 6.26 Å². The Morgan fingerprint density at radius 3 is 2.65 bits per heavy atom. The average molecular weight is 258 g/mol. The van der Waals surface area contributed by atoms with Gasteiger partial charge in [-0.3, -0.25) is 0 Å². The second kappa shape index (κ2) is 7.78. The maximum Gasteiger partial charge on any atom is 0.197 e. The number of hydrogen-bond acceptors (Lipinski definition) is 2. The van der Waals surface area contributed by atoms with Crippen molar-refractivity contribution in [2.24, 2.45) is 5.92 Å². The predicted octanol–water partition coefficient (Wildman–Crippen LogP) is 4.80. The van der Waals surface area contributed by atoms with E-state index in [1.165, 1.54) is 25.7 Å². The molecular weight excluding hydrogens is 234 g/mol. The normalized spacial score (nSPS) is 14.8. The molecule has 1 aromatic heterocycles. The molecule has 0 aliphatic rings. The smallest absolute Gasteiger partial charge is 0.197 e. The summed E-state index contributed by atoms with van der Waals surface area (Å²) < 4.78 is 5.17. The van der Waals surface area contributed by atoms with Crippen molar-refractivity contribution in [1.29, 1.82) is 0 Å². The fourth-order valence-corrected chi connectivity index (χ4v) is 2.51. The van der Waals surface area contributed by atoms with Crippen molar-refractivity contribution in [3.8, 4) is 0 Å². The molecule has 0 spiro atoms. The van der Waals surface area contributed by atoms with Gasteiger partial charge in [0.25, 0.3) is 0 Å². The molecule has 0 aromatic carbocycles. The van der Waals surface area contributed by atoms with E-state index in [9.17, 15) is 0 Å². The molecule has 17 heavy (non-hydrogen) atoms. The average Bonchev–Trinajstić information content (AvgIpc) is 2.76. The minimum atomic E-state index is 0.308. The lowest BCUT2D eigenvalue weighted by atomic mass is 9.90. The van der Waals surface area contributed by atoms with Crippen molar-refractivity contribution >= 4 is 11.6 Å². The van der Waals surface area contributed by atoms with E-state index in [0.717, 1.165) is 17.9 Å². The van der Waals surface area contributed by atoms with Crippen LogP contribution in [-0.2, 0) is 0 Å². The summed E-state index contributed by atoms with van der Waals surface area (Å²) in [6.07, 6.45) is 7.91. The Morgan fingerprint density at radius 1 is 1.41 bits per heavy atom. The van der Waals surface area contributed by atoms with Gasteiger partial charge in [0, 0.05) is 11.6 Å². The zero-order valence-electron chi connectivity index (χ0n) is 11.1. The second-order valence-electron chi connectivity index (χ2n) is 4.64. The van der Waals surface area contributed by atoms with Crippen LogP contribution in [0.5, 0.6) is 0 Å². The highest BCUT2D eigenvalue weighted by molar-refractivity contribution is 6.29. The molecule has 1 aromatic rings. The number of furan rings is 1.